The highest BCUT2D eigenvalue weighted by Gasteiger charge is 2.56. The highest BCUT2D eigenvalue weighted by atomic mass is 32.3. The summed E-state index contributed by atoms with van der Waals surface area (Å²) in [5, 5.41) is 38.5. The van der Waals surface area contributed by atoms with Crippen molar-refractivity contribution >= 4 is 65.7 Å². The number of carbonyl (C=O) groups excluding carboxylic acids is 4. The van der Waals surface area contributed by atoms with Crippen molar-refractivity contribution in [1.82, 2.24) is 30.7 Å². The van der Waals surface area contributed by atoms with E-state index in [1.54, 1.807) is 18.2 Å². The van der Waals surface area contributed by atoms with E-state index in [1.165, 1.54) is 51.1 Å². The number of benzene rings is 10. The number of nitrogens with two attached hydrogens (primary N) is 1. The van der Waals surface area contributed by atoms with E-state index in [0.717, 1.165) is 34.7 Å². The van der Waals surface area contributed by atoms with Gasteiger partial charge in [0.05, 0.1) is 23.2 Å². The van der Waals surface area contributed by atoms with E-state index in [9.17, 15) is 38.2 Å². The van der Waals surface area contributed by atoms with Gasteiger partial charge in [0.15, 0.2) is 25.4 Å². The number of nitrogens with one attached hydrogen (secondary N) is 3. The van der Waals surface area contributed by atoms with Crippen LogP contribution in [0.5, 0.6) is 0 Å². The molecule has 10 aromatic carbocycles. The average Bonchev–Trinajstić information content (AvgIpc) is 1.45. The van der Waals surface area contributed by atoms with Gasteiger partial charge in [-0.05, 0) is 143 Å². The molecule has 16 rings (SSSR count). The van der Waals surface area contributed by atoms with Gasteiger partial charge in [0.1, 0.15) is 53.7 Å². The smallest absolute Gasteiger partial charge is 0.394 e. The topological polar surface area (TPSA) is 315 Å². The van der Waals surface area contributed by atoms with Gasteiger partial charge in [0.2, 0.25) is 12.8 Å². The van der Waals surface area contributed by atoms with Gasteiger partial charge >= 0.3 is 16.1 Å². The van der Waals surface area contributed by atoms with Crippen LogP contribution in [0.2, 0.25) is 19.6 Å². The van der Waals surface area contributed by atoms with Crippen LogP contribution in [0.25, 0.3) is 49.4 Å². The van der Waals surface area contributed by atoms with E-state index in [2.05, 4.69) is 159 Å². The first-order valence-corrected chi connectivity index (χ1v) is 41.8. The average molecular weight is 1590 g/mol. The molecule has 22 nitrogen and oxygen atoms in total. The third kappa shape index (κ3) is 23.1. The normalized spacial score (nSPS) is 15.6. The number of likely N-dealkylation sites (tertiary alicyclic amines) is 3. The number of aliphatic hydroxyl groups is 3. The number of fused-ring (bicyclic) bond motifs is 2. The van der Waals surface area contributed by atoms with E-state index in [0.29, 0.717) is 104 Å². The van der Waals surface area contributed by atoms with Crippen molar-refractivity contribution in [3.63, 3.8) is 0 Å². The minimum Gasteiger partial charge on any atom is -0.456 e. The summed E-state index contributed by atoms with van der Waals surface area (Å²) < 4.78 is 78.6. The number of amides is 3. The van der Waals surface area contributed by atoms with E-state index in [4.69, 9.17) is 48.2 Å². The maximum absolute atomic E-state index is 14.9. The summed E-state index contributed by atoms with van der Waals surface area (Å²) in [7, 11) is -6.41. The van der Waals surface area contributed by atoms with Crippen LogP contribution < -0.4 is 21.7 Å². The van der Waals surface area contributed by atoms with Crippen LogP contribution in [0, 0.1) is 18.2 Å². The minimum atomic E-state index is -4.67. The minimum absolute atomic E-state index is 0.0844. The summed E-state index contributed by atoms with van der Waals surface area (Å²) in [5.74, 6) is -0.633. The Labute approximate surface area is 667 Å². The second kappa shape index (κ2) is 37.6. The quantitative estimate of drug-likeness (QED) is 0.0100. The predicted octanol–water partition coefficient (Wildman–Crippen LogP) is 13.0. The van der Waals surface area contributed by atoms with E-state index in [-0.39, 0.29) is 31.0 Å². The molecule has 10 N–H and O–H groups in total. The third-order valence-corrected chi connectivity index (χ3v) is 20.4. The van der Waals surface area contributed by atoms with Crippen LogP contribution in [0.3, 0.4) is 0 Å². The van der Waals surface area contributed by atoms with Crippen LogP contribution >= 0.6 is 0 Å². The van der Waals surface area contributed by atoms with Crippen LogP contribution in [0.15, 0.2) is 276 Å². The van der Waals surface area contributed by atoms with Crippen LogP contribution in [-0.2, 0) is 48.6 Å². The molecule has 0 atom stereocenters. The number of carbonyl (C=O) groups is 4. The number of hydrogen-bond donors (Lipinski definition) is 9. The molecule has 0 spiro atoms. The molecule has 4 saturated heterocycles. The second-order valence-electron chi connectivity index (χ2n) is 29.7. The molecule has 4 fully saturated rings. The SMILES string of the molecule is NC(=O)C1(O)CN(Cc2ccc(-c3cc4cc(Cc5ccccc5)ccc4o3)c(F)c2)C1.O=CNC1(O)CN(C(c2ccccc2)c2ccccc2)C1.O=CNC1(O)CNC1.O=Cc1ccc(-c2cc3cc(Cc4ccccc4)ccc3o2)c(F)c1.O=S(=O)(O)O.[C-]#[N+]C1(O[Si](C)(C)C)CN(C(c2ccccc2)c2ccccc2)C1. The van der Waals surface area contributed by atoms with Gasteiger partial charge in [-0.25, -0.2) is 15.4 Å². The van der Waals surface area contributed by atoms with Gasteiger partial charge in [-0.2, -0.15) is 8.42 Å². The first-order chi connectivity index (χ1) is 55.0. The largest absolute Gasteiger partial charge is 0.456 e. The van der Waals surface area contributed by atoms with Crippen LogP contribution in [0.1, 0.15) is 72.5 Å². The summed E-state index contributed by atoms with van der Waals surface area (Å²) in [6.07, 6.45) is 3.33. The Morgan fingerprint density at radius 1 is 0.539 bits per heavy atom. The van der Waals surface area contributed by atoms with E-state index < -0.39 is 53.2 Å². The number of furan rings is 2. The van der Waals surface area contributed by atoms with Gasteiger partial charge in [0, 0.05) is 62.1 Å². The number of β-amino-alcohol motifs (C(OH)–C–C–N with tert-alkyl or cyclic N) is 3. The number of primary amides is 1. The molecule has 4 aliphatic rings. The van der Waals surface area contributed by atoms with Crippen molar-refractivity contribution in [3.05, 3.63) is 346 Å². The molecule has 0 radical (unpaired) electrons. The van der Waals surface area contributed by atoms with Crippen molar-refractivity contribution in [2.75, 3.05) is 52.4 Å². The first-order valence-electron chi connectivity index (χ1n) is 37.0. The van der Waals surface area contributed by atoms with Crippen molar-refractivity contribution in [2.24, 2.45) is 5.73 Å². The summed E-state index contributed by atoms with van der Waals surface area (Å²) in [4.78, 5) is 52.4. The number of rotatable bonds is 22. The fraction of sp³-hybridized carbons (Fsp3) is 0.225. The lowest BCUT2D eigenvalue weighted by Crippen LogP contribution is -2.69. The molecule has 115 heavy (non-hydrogen) atoms. The van der Waals surface area contributed by atoms with Crippen molar-refractivity contribution in [3.8, 4) is 22.6 Å². The number of nitrogens with zero attached hydrogens (tertiary/aromatic N) is 4. The van der Waals surface area contributed by atoms with Crippen molar-refractivity contribution < 1.29 is 74.1 Å². The molecule has 12 aromatic rings. The van der Waals surface area contributed by atoms with E-state index >= 15 is 0 Å². The third-order valence-electron chi connectivity index (χ3n) is 19.4. The lowest BCUT2D eigenvalue weighted by molar-refractivity contribution is -0.156. The Hall–Kier alpha value is -11.5. The maximum atomic E-state index is 14.9. The fourth-order valence-electron chi connectivity index (χ4n) is 14.1. The summed E-state index contributed by atoms with van der Waals surface area (Å²) in [6, 6.07) is 87.2. The van der Waals surface area contributed by atoms with Gasteiger partial charge < -0.3 is 50.3 Å². The molecular formula is C89H90F2N8O14SSi. The lowest BCUT2D eigenvalue weighted by Gasteiger charge is -2.49. The molecule has 594 valence electrons. The molecule has 3 amide bonds. The molecule has 0 saturated carbocycles. The monoisotopic (exact) mass is 1590 g/mol. The highest BCUT2D eigenvalue weighted by Crippen LogP contribution is 2.41. The Balaban J connectivity index is 0.000000144. The van der Waals surface area contributed by atoms with Crippen molar-refractivity contribution in [1.29, 1.82) is 0 Å². The van der Waals surface area contributed by atoms with Gasteiger partial charge in [-0.1, -0.05) is 206 Å². The molecule has 26 heteroatoms. The van der Waals surface area contributed by atoms with Crippen molar-refractivity contribution in [2.45, 2.75) is 73.9 Å². The molecular weight excluding hydrogens is 1500 g/mol. The lowest BCUT2D eigenvalue weighted by atomic mass is 9.91. The Morgan fingerprint density at radius 3 is 1.27 bits per heavy atom. The molecule has 4 aliphatic heterocycles. The summed E-state index contributed by atoms with van der Waals surface area (Å²) in [6.45, 7) is 17.9. The maximum Gasteiger partial charge on any atom is 0.394 e. The van der Waals surface area contributed by atoms with Crippen LogP contribution in [-0.4, -0.2) is 156 Å². The summed E-state index contributed by atoms with van der Waals surface area (Å²) in [5.41, 5.74) is 13.9. The van der Waals surface area contributed by atoms with Gasteiger partial charge in [-0.3, -0.25) is 47.8 Å². The number of aldehydes is 1. The standard InChI is InChI=1S/C26H23FN2O3.C22H15FO2.C20H24N2OSi.C17H18N2O2.C4H8N2O2.H2O4S/c27-22-12-19(14-29-15-26(31,16-29)25(28)30)6-8-21(22)24-13-20-11-18(7-9-23(20)32-24)10-17-4-2-1-3-5-17;23-20-12-17(14-24)6-8-19(20)22-13-18-11-16(7-9-21(18)25-22)10-15-4-2-1-3-5-15;1-21-20(23-24(2,3)4)15-22(16-20)19(17-11-7-5-8-12-17)18-13-9-6-10-14-18;20-13-18-17(21)11-19(12-17)16(14-7-3-1-4-8-14)15-9-5-2-6-10-15;7-3-6-4(8)1-5-2-4;1-5(2,3)4/h1-9,11-13,31H,10,14-16H2,(H2,28,30);1-9,11-14H,10H2;5-14,19H,15-16H2,2-4H3;1-10,13,16,21H,11-12H2,(H,18,20);3,5,8H,1-2H2,(H,6,7);(H2,1,2,3,4). The predicted molar refractivity (Wildman–Crippen MR) is 438 cm³/mol. The summed E-state index contributed by atoms with van der Waals surface area (Å²) >= 11 is 0. The zero-order chi connectivity index (χ0) is 82.0. The Morgan fingerprint density at radius 2 is 0.922 bits per heavy atom. The highest BCUT2D eigenvalue weighted by molar-refractivity contribution is 7.79. The second-order valence-corrected chi connectivity index (χ2v) is 35.0. The number of halogens is 2. The van der Waals surface area contributed by atoms with Gasteiger partial charge in [-0.15, -0.1) is 0 Å². The fourth-order valence-corrected chi connectivity index (χ4v) is 15.4. The molecule has 2 aromatic heterocycles. The molecule has 0 bridgehead atoms. The molecule has 0 unspecified atom stereocenters. The zero-order valence-electron chi connectivity index (χ0n) is 63.5. The Bertz CT molecular complexity index is 5330. The zero-order valence-corrected chi connectivity index (χ0v) is 65.3. The number of hydrogen-bond acceptors (Lipinski definition) is 16. The van der Waals surface area contributed by atoms with E-state index in [1.807, 2.05) is 132 Å². The molecule has 6 heterocycles. The first kappa shape index (κ1) is 84.4. The van der Waals surface area contributed by atoms with Gasteiger partial charge in [0.25, 0.3) is 5.91 Å². The van der Waals surface area contributed by atoms with Crippen LogP contribution in [0.4, 0.5) is 8.78 Å². The Kier molecular flexibility index (Phi) is 27.6. The molecule has 0 aliphatic carbocycles.